The lowest BCUT2D eigenvalue weighted by Gasteiger charge is -2.41. The summed E-state index contributed by atoms with van der Waals surface area (Å²) in [5, 5.41) is 3.62. The number of nitrogens with one attached hydrogen (secondary N) is 1. The van der Waals surface area contributed by atoms with E-state index in [-0.39, 0.29) is 5.60 Å². The zero-order valence-corrected chi connectivity index (χ0v) is 12.3. The second kappa shape index (κ2) is 6.91. The Balaban J connectivity index is 1.90. The molecule has 0 atom stereocenters. The van der Waals surface area contributed by atoms with E-state index < -0.39 is 0 Å². The minimum absolute atomic E-state index is 0.157. The van der Waals surface area contributed by atoms with Crippen LogP contribution in [0, 0.1) is 0 Å². The van der Waals surface area contributed by atoms with Crippen LogP contribution in [-0.4, -0.2) is 24.3 Å². The highest BCUT2D eigenvalue weighted by Crippen LogP contribution is 2.35. The molecule has 1 N–H and O–H groups in total. The topological polar surface area (TPSA) is 21.3 Å². The monoisotopic (exact) mass is 253 g/mol. The van der Waals surface area contributed by atoms with Crippen molar-refractivity contribution in [1.29, 1.82) is 0 Å². The number of hydrogen-bond acceptors (Lipinski definition) is 2. The van der Waals surface area contributed by atoms with Crippen LogP contribution in [0.1, 0.15) is 78.1 Å². The summed E-state index contributed by atoms with van der Waals surface area (Å²) >= 11 is 0. The molecule has 0 radical (unpaired) electrons. The maximum absolute atomic E-state index is 6.61. The Hall–Kier alpha value is -0.0800. The summed E-state index contributed by atoms with van der Waals surface area (Å²) in [5.74, 6) is 0. The number of hydrogen-bond donors (Lipinski definition) is 1. The van der Waals surface area contributed by atoms with Crippen LogP contribution >= 0.6 is 0 Å². The molecular formula is C16H31NO. The van der Waals surface area contributed by atoms with Gasteiger partial charge in [0.2, 0.25) is 0 Å². The molecule has 0 bridgehead atoms. The summed E-state index contributed by atoms with van der Waals surface area (Å²) in [7, 11) is 0. The Bertz CT molecular complexity index is 227. The van der Waals surface area contributed by atoms with Gasteiger partial charge in [-0.05, 0) is 25.7 Å². The molecule has 2 heteroatoms. The summed E-state index contributed by atoms with van der Waals surface area (Å²) < 4.78 is 6.61. The van der Waals surface area contributed by atoms with Crippen molar-refractivity contribution >= 4 is 0 Å². The first-order valence-electron chi connectivity index (χ1n) is 8.11. The van der Waals surface area contributed by atoms with E-state index in [4.69, 9.17) is 4.74 Å². The average Bonchev–Trinajstić information content (AvgIpc) is 2.39. The lowest BCUT2D eigenvalue weighted by Crippen LogP contribution is -2.48. The molecule has 18 heavy (non-hydrogen) atoms. The normalized spacial score (nSPS) is 25.5. The van der Waals surface area contributed by atoms with Crippen molar-refractivity contribution in [3.05, 3.63) is 0 Å². The fourth-order valence-corrected chi connectivity index (χ4v) is 3.46. The van der Waals surface area contributed by atoms with Crippen LogP contribution in [0.25, 0.3) is 0 Å². The summed E-state index contributed by atoms with van der Waals surface area (Å²) in [6.45, 7) is 5.52. The highest BCUT2D eigenvalue weighted by molar-refractivity contribution is 4.89. The standard InChI is InChI=1S/C16H31NO/c1-14(2)17-13-16(11-7-4-8-12-16)18-15-9-5-3-6-10-15/h14-15,17H,3-13H2,1-2H3. The van der Waals surface area contributed by atoms with E-state index in [2.05, 4.69) is 19.2 Å². The molecule has 0 aromatic heterocycles. The highest BCUT2D eigenvalue weighted by Gasteiger charge is 2.35. The lowest BCUT2D eigenvalue weighted by atomic mass is 9.83. The maximum Gasteiger partial charge on any atom is 0.0810 e. The van der Waals surface area contributed by atoms with Gasteiger partial charge in [-0.15, -0.1) is 0 Å². The van der Waals surface area contributed by atoms with Crippen molar-refractivity contribution in [2.75, 3.05) is 6.54 Å². The molecule has 2 fully saturated rings. The van der Waals surface area contributed by atoms with Crippen LogP contribution in [0.5, 0.6) is 0 Å². The van der Waals surface area contributed by atoms with Crippen LogP contribution in [0.2, 0.25) is 0 Å². The summed E-state index contributed by atoms with van der Waals surface area (Å²) in [6, 6.07) is 0.568. The second-order valence-corrected chi connectivity index (χ2v) is 6.66. The Morgan fingerprint density at radius 3 is 2.22 bits per heavy atom. The molecule has 2 aliphatic carbocycles. The van der Waals surface area contributed by atoms with Gasteiger partial charge in [-0.3, -0.25) is 0 Å². The number of rotatable bonds is 5. The predicted octanol–water partition coefficient (Wildman–Crippen LogP) is 4.04. The van der Waals surface area contributed by atoms with Crippen molar-refractivity contribution in [3.8, 4) is 0 Å². The first kappa shape index (κ1) is 14.3. The van der Waals surface area contributed by atoms with Gasteiger partial charge in [0.05, 0.1) is 11.7 Å². The molecule has 0 heterocycles. The van der Waals surface area contributed by atoms with E-state index in [1.807, 2.05) is 0 Å². The minimum atomic E-state index is 0.157. The van der Waals surface area contributed by atoms with Gasteiger partial charge in [0, 0.05) is 12.6 Å². The molecule has 0 aromatic carbocycles. The van der Waals surface area contributed by atoms with Gasteiger partial charge in [-0.2, -0.15) is 0 Å². The quantitative estimate of drug-likeness (QED) is 0.798. The Labute approximate surface area is 113 Å². The van der Waals surface area contributed by atoms with Crippen molar-refractivity contribution in [2.45, 2.75) is 95.8 Å². The molecule has 0 saturated heterocycles. The maximum atomic E-state index is 6.61. The molecule has 0 aliphatic heterocycles. The molecule has 0 unspecified atom stereocenters. The third-order valence-electron chi connectivity index (χ3n) is 4.57. The second-order valence-electron chi connectivity index (χ2n) is 6.66. The third kappa shape index (κ3) is 4.24. The predicted molar refractivity (Wildman–Crippen MR) is 76.9 cm³/mol. The van der Waals surface area contributed by atoms with Gasteiger partial charge in [0.15, 0.2) is 0 Å². The van der Waals surface area contributed by atoms with Crippen molar-refractivity contribution < 1.29 is 4.74 Å². The molecule has 0 spiro atoms. The Kier molecular flexibility index (Phi) is 5.50. The first-order valence-corrected chi connectivity index (χ1v) is 8.11. The van der Waals surface area contributed by atoms with Gasteiger partial charge >= 0.3 is 0 Å². The van der Waals surface area contributed by atoms with Gasteiger partial charge in [0.1, 0.15) is 0 Å². The number of ether oxygens (including phenoxy) is 1. The van der Waals surface area contributed by atoms with Crippen LogP contribution in [0.4, 0.5) is 0 Å². The fourth-order valence-electron chi connectivity index (χ4n) is 3.46. The van der Waals surface area contributed by atoms with E-state index in [0.717, 1.165) is 6.54 Å². The van der Waals surface area contributed by atoms with Crippen LogP contribution in [0.3, 0.4) is 0 Å². The van der Waals surface area contributed by atoms with E-state index in [9.17, 15) is 0 Å². The highest BCUT2D eigenvalue weighted by atomic mass is 16.5. The SMILES string of the molecule is CC(C)NCC1(OC2CCCCC2)CCCCC1. The van der Waals surface area contributed by atoms with Gasteiger partial charge in [-0.1, -0.05) is 52.4 Å². The van der Waals surface area contributed by atoms with Gasteiger partial charge in [-0.25, -0.2) is 0 Å². The zero-order valence-electron chi connectivity index (χ0n) is 12.3. The van der Waals surface area contributed by atoms with Gasteiger partial charge in [0.25, 0.3) is 0 Å². The van der Waals surface area contributed by atoms with Crippen molar-refractivity contribution in [2.24, 2.45) is 0 Å². The summed E-state index contributed by atoms with van der Waals surface area (Å²) in [5.41, 5.74) is 0.157. The Morgan fingerprint density at radius 2 is 1.61 bits per heavy atom. The third-order valence-corrected chi connectivity index (χ3v) is 4.57. The van der Waals surface area contributed by atoms with Crippen molar-refractivity contribution in [1.82, 2.24) is 5.32 Å². The van der Waals surface area contributed by atoms with Crippen LogP contribution < -0.4 is 5.32 Å². The minimum Gasteiger partial charge on any atom is -0.370 e. The lowest BCUT2D eigenvalue weighted by molar-refractivity contribution is -0.122. The first-order chi connectivity index (χ1) is 8.70. The average molecular weight is 253 g/mol. The summed E-state index contributed by atoms with van der Waals surface area (Å²) in [6.07, 6.45) is 13.9. The fraction of sp³-hybridized carbons (Fsp3) is 1.00. The summed E-state index contributed by atoms with van der Waals surface area (Å²) in [4.78, 5) is 0. The molecule has 2 rings (SSSR count). The molecule has 2 aliphatic rings. The zero-order chi connectivity index (χ0) is 12.8. The van der Waals surface area contributed by atoms with Crippen molar-refractivity contribution in [3.63, 3.8) is 0 Å². The van der Waals surface area contributed by atoms with E-state index in [0.29, 0.717) is 12.1 Å². The molecule has 2 nitrogen and oxygen atoms in total. The smallest absolute Gasteiger partial charge is 0.0810 e. The largest absolute Gasteiger partial charge is 0.370 e. The molecule has 0 amide bonds. The molecule has 106 valence electrons. The molecular weight excluding hydrogens is 222 g/mol. The van der Waals surface area contributed by atoms with E-state index >= 15 is 0 Å². The van der Waals surface area contributed by atoms with E-state index in [1.54, 1.807) is 0 Å². The van der Waals surface area contributed by atoms with E-state index in [1.165, 1.54) is 64.2 Å². The van der Waals surface area contributed by atoms with Crippen LogP contribution in [-0.2, 0) is 4.74 Å². The Morgan fingerprint density at radius 1 is 1.00 bits per heavy atom. The van der Waals surface area contributed by atoms with Crippen LogP contribution in [0.15, 0.2) is 0 Å². The van der Waals surface area contributed by atoms with Gasteiger partial charge < -0.3 is 10.1 Å². The molecule has 2 saturated carbocycles. The molecule has 0 aromatic rings.